The van der Waals surface area contributed by atoms with Crippen molar-refractivity contribution >= 4 is 29.2 Å². The molecule has 2 aromatic rings. The molecule has 0 radical (unpaired) electrons. The molecule has 2 heterocycles. The second-order valence-corrected chi connectivity index (χ2v) is 4.50. The summed E-state index contributed by atoms with van der Waals surface area (Å²) >= 11 is 1.07. The van der Waals surface area contributed by atoms with E-state index >= 15 is 0 Å². The summed E-state index contributed by atoms with van der Waals surface area (Å²) in [4.78, 5) is 30.1. The minimum atomic E-state index is -1.00. The number of aromatic nitrogens is 2. The molecule has 0 unspecified atom stereocenters. The lowest BCUT2D eigenvalue weighted by Crippen LogP contribution is -2.24. The number of hydrogen-bond donors (Lipinski definition) is 3. The molecule has 0 aliphatic carbocycles. The molecule has 8 heteroatoms. The van der Waals surface area contributed by atoms with E-state index in [2.05, 4.69) is 20.6 Å². The number of anilines is 1. The summed E-state index contributed by atoms with van der Waals surface area (Å²) in [6, 6.07) is 2.97. The van der Waals surface area contributed by atoms with E-state index in [1.54, 1.807) is 12.1 Å². The average molecular weight is 278 g/mol. The third-order valence-corrected chi connectivity index (χ3v) is 3.23. The molecule has 98 valence electrons. The van der Waals surface area contributed by atoms with Gasteiger partial charge in [0, 0.05) is 18.8 Å². The van der Waals surface area contributed by atoms with E-state index in [1.165, 1.54) is 19.4 Å². The van der Waals surface area contributed by atoms with E-state index in [0.717, 1.165) is 11.3 Å². The van der Waals surface area contributed by atoms with E-state index in [9.17, 15) is 9.59 Å². The Bertz CT molecular complexity index is 609. The Hall–Kier alpha value is -2.48. The zero-order chi connectivity index (χ0) is 13.8. The van der Waals surface area contributed by atoms with Crippen LogP contribution in [0.1, 0.15) is 9.67 Å². The first-order chi connectivity index (χ1) is 9.10. The van der Waals surface area contributed by atoms with Crippen LogP contribution in [0.2, 0.25) is 0 Å². The second kappa shape index (κ2) is 5.44. The van der Waals surface area contributed by atoms with Crippen molar-refractivity contribution in [2.24, 2.45) is 0 Å². The molecule has 0 aliphatic rings. The van der Waals surface area contributed by atoms with Crippen LogP contribution in [0.25, 0.3) is 10.6 Å². The number of carboxylic acid groups (broad SMARTS) is 1. The van der Waals surface area contributed by atoms with Gasteiger partial charge < -0.3 is 10.4 Å². The van der Waals surface area contributed by atoms with Gasteiger partial charge in [0.15, 0.2) is 0 Å². The van der Waals surface area contributed by atoms with Gasteiger partial charge in [-0.1, -0.05) is 0 Å². The van der Waals surface area contributed by atoms with Crippen molar-refractivity contribution < 1.29 is 14.7 Å². The van der Waals surface area contributed by atoms with Crippen molar-refractivity contribution in [2.75, 3.05) is 12.4 Å². The van der Waals surface area contributed by atoms with Gasteiger partial charge in [-0.25, -0.2) is 19.6 Å². The summed E-state index contributed by atoms with van der Waals surface area (Å²) < 4.78 is 0. The van der Waals surface area contributed by atoms with Crippen LogP contribution in [0.15, 0.2) is 24.5 Å². The maximum absolute atomic E-state index is 11.1. The number of carbonyl (C=O) groups excluding carboxylic acids is 1. The molecule has 7 nitrogen and oxygen atoms in total. The number of thiazole rings is 1. The normalized spacial score (nSPS) is 9.95. The molecule has 3 N–H and O–H groups in total. The lowest BCUT2D eigenvalue weighted by Gasteiger charge is -2.03. The van der Waals surface area contributed by atoms with Crippen LogP contribution in [0, 0.1) is 0 Å². The molecule has 0 fully saturated rings. The van der Waals surface area contributed by atoms with Gasteiger partial charge in [-0.2, -0.15) is 0 Å². The van der Waals surface area contributed by atoms with Crippen LogP contribution < -0.4 is 10.6 Å². The fourth-order valence-corrected chi connectivity index (χ4v) is 2.02. The van der Waals surface area contributed by atoms with E-state index in [4.69, 9.17) is 5.11 Å². The van der Waals surface area contributed by atoms with Crippen molar-refractivity contribution in [3.63, 3.8) is 0 Å². The van der Waals surface area contributed by atoms with Crippen molar-refractivity contribution in [2.45, 2.75) is 0 Å². The Kier molecular flexibility index (Phi) is 3.71. The standard InChI is InChI=1S/C11H10N4O3S/c1-12-11(18)15-8-3-2-6(4-13-8)9-14-5-7(19-9)10(16)17/h2-5H,1H3,(H,16,17)(H2,12,13,15,18). The first kappa shape index (κ1) is 13.0. The molecule has 19 heavy (non-hydrogen) atoms. The zero-order valence-corrected chi connectivity index (χ0v) is 10.7. The molecule has 2 amide bonds. The number of aromatic carboxylic acids is 1. The van der Waals surface area contributed by atoms with Gasteiger partial charge in [0.2, 0.25) is 0 Å². The number of nitrogens with zero attached hydrogens (tertiary/aromatic N) is 2. The van der Waals surface area contributed by atoms with Crippen LogP contribution in [-0.4, -0.2) is 34.1 Å². The van der Waals surface area contributed by atoms with Crippen LogP contribution in [-0.2, 0) is 0 Å². The number of carboxylic acids is 1. The molecule has 0 spiro atoms. The minimum absolute atomic E-state index is 0.169. The van der Waals surface area contributed by atoms with Crippen LogP contribution in [0.4, 0.5) is 10.6 Å². The summed E-state index contributed by atoms with van der Waals surface area (Å²) in [5, 5.41) is 14.3. The van der Waals surface area contributed by atoms with E-state index in [0.29, 0.717) is 16.4 Å². The molecular weight excluding hydrogens is 268 g/mol. The van der Waals surface area contributed by atoms with Gasteiger partial charge >= 0.3 is 12.0 Å². The highest BCUT2D eigenvalue weighted by Gasteiger charge is 2.10. The minimum Gasteiger partial charge on any atom is -0.477 e. The van der Waals surface area contributed by atoms with E-state index in [1.807, 2.05) is 0 Å². The second-order valence-electron chi connectivity index (χ2n) is 3.47. The summed E-state index contributed by atoms with van der Waals surface area (Å²) in [7, 11) is 1.51. The van der Waals surface area contributed by atoms with Crippen LogP contribution in [0.3, 0.4) is 0 Å². The molecule has 2 aromatic heterocycles. The molecular formula is C11H10N4O3S. The lowest BCUT2D eigenvalue weighted by atomic mass is 10.3. The predicted octanol–water partition coefficient (Wildman–Crippen LogP) is 1.65. The van der Waals surface area contributed by atoms with Crippen LogP contribution >= 0.6 is 11.3 Å². The Morgan fingerprint density at radius 2 is 2.05 bits per heavy atom. The molecule has 2 rings (SSSR count). The fourth-order valence-electron chi connectivity index (χ4n) is 1.28. The van der Waals surface area contributed by atoms with Crippen molar-refractivity contribution in [3.05, 3.63) is 29.4 Å². The molecule has 0 aromatic carbocycles. The fraction of sp³-hybridized carbons (Fsp3) is 0.0909. The molecule has 0 atom stereocenters. The van der Waals surface area contributed by atoms with E-state index < -0.39 is 5.97 Å². The highest BCUT2D eigenvalue weighted by atomic mass is 32.1. The number of urea groups is 1. The Morgan fingerprint density at radius 1 is 1.26 bits per heavy atom. The monoisotopic (exact) mass is 278 g/mol. The van der Waals surface area contributed by atoms with Crippen molar-refractivity contribution in [1.29, 1.82) is 0 Å². The first-order valence-corrected chi connectivity index (χ1v) is 6.06. The maximum atomic E-state index is 11.1. The van der Waals surface area contributed by atoms with Gasteiger partial charge in [0.05, 0.1) is 6.20 Å². The molecule has 0 saturated carbocycles. The van der Waals surface area contributed by atoms with Gasteiger partial charge in [-0.05, 0) is 12.1 Å². The van der Waals surface area contributed by atoms with Gasteiger partial charge in [0.25, 0.3) is 0 Å². The van der Waals surface area contributed by atoms with E-state index in [-0.39, 0.29) is 10.9 Å². The Balaban J connectivity index is 2.17. The number of amides is 2. The lowest BCUT2D eigenvalue weighted by molar-refractivity contribution is 0.0702. The van der Waals surface area contributed by atoms with Gasteiger partial charge in [-0.15, -0.1) is 11.3 Å². The SMILES string of the molecule is CNC(=O)Nc1ccc(-c2ncc(C(=O)O)s2)cn1. The van der Waals surface area contributed by atoms with Crippen LogP contribution in [0.5, 0.6) is 0 Å². The first-order valence-electron chi connectivity index (χ1n) is 5.24. The van der Waals surface area contributed by atoms with Crippen molar-refractivity contribution in [3.8, 4) is 10.6 Å². The smallest absolute Gasteiger partial charge is 0.347 e. The van der Waals surface area contributed by atoms with Gasteiger partial charge in [0.1, 0.15) is 15.7 Å². The summed E-state index contributed by atoms with van der Waals surface area (Å²) in [6.45, 7) is 0. The summed E-state index contributed by atoms with van der Waals surface area (Å²) in [6.07, 6.45) is 2.83. The average Bonchev–Trinajstić information content (AvgIpc) is 2.89. The predicted molar refractivity (Wildman–Crippen MR) is 70.4 cm³/mol. The number of carbonyl (C=O) groups is 2. The quantitative estimate of drug-likeness (QED) is 0.792. The number of rotatable bonds is 3. The third kappa shape index (κ3) is 3.05. The molecule has 0 bridgehead atoms. The topological polar surface area (TPSA) is 104 Å². The number of pyridine rings is 1. The largest absolute Gasteiger partial charge is 0.477 e. The van der Waals surface area contributed by atoms with Gasteiger partial charge in [-0.3, -0.25) is 5.32 Å². The maximum Gasteiger partial charge on any atom is 0.347 e. The third-order valence-electron chi connectivity index (χ3n) is 2.20. The van der Waals surface area contributed by atoms with Crippen molar-refractivity contribution in [1.82, 2.24) is 15.3 Å². The highest BCUT2D eigenvalue weighted by molar-refractivity contribution is 7.16. The Labute approximate surface area is 112 Å². The molecule has 0 aliphatic heterocycles. The summed E-state index contributed by atoms with van der Waals surface area (Å²) in [5.74, 6) is -0.604. The Morgan fingerprint density at radius 3 is 2.58 bits per heavy atom. The number of hydrogen-bond acceptors (Lipinski definition) is 5. The summed E-state index contributed by atoms with van der Waals surface area (Å²) in [5.41, 5.74) is 0.694. The zero-order valence-electron chi connectivity index (χ0n) is 9.88. The molecule has 0 saturated heterocycles. The number of nitrogens with one attached hydrogen (secondary N) is 2. The highest BCUT2D eigenvalue weighted by Crippen LogP contribution is 2.25.